The van der Waals surface area contributed by atoms with Crippen molar-refractivity contribution in [3.05, 3.63) is 57.5 Å². The smallest absolute Gasteiger partial charge is 0.251 e. The van der Waals surface area contributed by atoms with Crippen molar-refractivity contribution in [2.24, 2.45) is 0 Å². The van der Waals surface area contributed by atoms with E-state index in [9.17, 15) is 9.59 Å². The Morgan fingerprint density at radius 2 is 2.23 bits per heavy atom. The molecule has 0 radical (unpaired) electrons. The number of fused-ring (bicyclic) bond motifs is 1. The van der Waals surface area contributed by atoms with E-state index in [-0.39, 0.29) is 22.8 Å². The molecular weight excluding hydrogens is 346 g/mol. The Kier molecular flexibility index (Phi) is 6.14. The largest absolute Gasteiger partial charge is 0.348 e. The van der Waals surface area contributed by atoms with E-state index in [4.69, 9.17) is 0 Å². The van der Waals surface area contributed by atoms with Crippen LogP contribution in [0.3, 0.4) is 0 Å². The third-order valence-corrected chi connectivity index (χ3v) is 5.61. The van der Waals surface area contributed by atoms with E-state index in [1.807, 2.05) is 26.0 Å². The third-order valence-electron chi connectivity index (χ3n) is 4.62. The number of nitrogens with zero attached hydrogens (tertiary/aromatic N) is 1. The Morgan fingerprint density at radius 1 is 1.42 bits per heavy atom. The van der Waals surface area contributed by atoms with E-state index < -0.39 is 0 Å². The summed E-state index contributed by atoms with van der Waals surface area (Å²) in [7, 11) is 0. The van der Waals surface area contributed by atoms with Gasteiger partial charge in [-0.05, 0) is 43.7 Å². The molecule has 0 saturated heterocycles. The summed E-state index contributed by atoms with van der Waals surface area (Å²) in [6, 6.07) is 9.90. The molecule has 1 aromatic heterocycles. The molecule has 2 N–H and O–H groups in total. The Morgan fingerprint density at radius 3 is 3.04 bits per heavy atom. The number of aryl methyl sites for hydroxylation is 2. The minimum absolute atomic E-state index is 0.0275. The average molecular weight is 372 g/mol. The number of nitrogens with one attached hydrogen (secondary N) is 2. The molecule has 0 bridgehead atoms. The minimum Gasteiger partial charge on any atom is -0.348 e. The fourth-order valence-corrected chi connectivity index (χ4v) is 4.18. The lowest BCUT2D eigenvalue weighted by atomic mass is 9.88. The van der Waals surface area contributed by atoms with Gasteiger partial charge in [0.2, 0.25) is 5.91 Å². The molecule has 0 spiro atoms. The molecule has 1 amide bonds. The molecular formula is C20H25N3O2S. The molecule has 0 unspecified atom stereocenters. The molecule has 6 heteroatoms. The topological polar surface area (TPSA) is 74.8 Å². The number of thioether (sulfide) groups is 1. The second kappa shape index (κ2) is 8.54. The molecule has 0 aliphatic heterocycles. The van der Waals surface area contributed by atoms with Gasteiger partial charge in [-0.1, -0.05) is 49.4 Å². The van der Waals surface area contributed by atoms with Gasteiger partial charge >= 0.3 is 0 Å². The Hall–Kier alpha value is -2.08. The first-order valence-corrected chi connectivity index (χ1v) is 10.1. The molecule has 1 aliphatic rings. The monoisotopic (exact) mass is 371 g/mol. The Labute approximate surface area is 158 Å². The molecule has 3 rings (SSSR count). The van der Waals surface area contributed by atoms with E-state index in [0.29, 0.717) is 5.16 Å². The summed E-state index contributed by atoms with van der Waals surface area (Å²) in [5.41, 5.74) is 3.15. The molecule has 1 aliphatic carbocycles. The van der Waals surface area contributed by atoms with E-state index in [0.717, 1.165) is 37.8 Å². The lowest BCUT2D eigenvalue weighted by molar-refractivity contribution is -0.121. The van der Waals surface area contributed by atoms with Crippen molar-refractivity contribution < 1.29 is 4.79 Å². The summed E-state index contributed by atoms with van der Waals surface area (Å²) in [5.74, 6) is -0.0275. The normalized spacial score (nSPS) is 17.4. The molecule has 5 nitrogen and oxygen atoms in total. The van der Waals surface area contributed by atoms with Crippen molar-refractivity contribution in [3.8, 4) is 0 Å². The van der Waals surface area contributed by atoms with Crippen LogP contribution in [-0.4, -0.2) is 21.1 Å². The summed E-state index contributed by atoms with van der Waals surface area (Å²) in [5, 5.41) is 3.35. The number of aromatic nitrogens is 2. The van der Waals surface area contributed by atoms with Crippen molar-refractivity contribution in [3.63, 3.8) is 0 Å². The van der Waals surface area contributed by atoms with Gasteiger partial charge in [-0.3, -0.25) is 9.59 Å². The molecule has 26 heavy (non-hydrogen) atoms. The van der Waals surface area contributed by atoms with Gasteiger partial charge in [-0.25, -0.2) is 4.98 Å². The number of carbonyl (C=O) groups is 1. The van der Waals surface area contributed by atoms with Crippen LogP contribution in [0, 0.1) is 0 Å². The van der Waals surface area contributed by atoms with Crippen molar-refractivity contribution in [1.82, 2.24) is 15.3 Å². The number of aromatic amines is 1. The summed E-state index contributed by atoms with van der Waals surface area (Å²) in [6.45, 7) is 3.90. The van der Waals surface area contributed by atoms with Crippen molar-refractivity contribution >= 4 is 17.7 Å². The van der Waals surface area contributed by atoms with Gasteiger partial charge in [0.05, 0.1) is 11.3 Å². The summed E-state index contributed by atoms with van der Waals surface area (Å²) in [4.78, 5) is 31.6. The molecule has 1 heterocycles. The average Bonchev–Trinajstić information content (AvgIpc) is 2.61. The molecule has 2 aromatic rings. The van der Waals surface area contributed by atoms with E-state index in [1.54, 1.807) is 0 Å². The summed E-state index contributed by atoms with van der Waals surface area (Å²) in [6.07, 6.45) is 4.80. The molecule has 2 atom stereocenters. The fourth-order valence-electron chi connectivity index (χ4n) is 3.34. The second-order valence-corrected chi connectivity index (χ2v) is 8.03. The highest BCUT2D eigenvalue weighted by atomic mass is 32.2. The fraction of sp³-hybridized carbons (Fsp3) is 0.450. The maximum Gasteiger partial charge on any atom is 0.251 e. The SMILES string of the molecule is CCCc1cc(=O)[nH]c(S[C@@H](C)C(=O)N[C@H]2CCCc3ccccc32)n1. The quantitative estimate of drug-likeness (QED) is 0.603. The van der Waals surface area contributed by atoms with Crippen LogP contribution in [0.5, 0.6) is 0 Å². The van der Waals surface area contributed by atoms with Crippen LogP contribution in [0.2, 0.25) is 0 Å². The second-order valence-electron chi connectivity index (χ2n) is 6.70. The van der Waals surface area contributed by atoms with Crippen LogP contribution >= 0.6 is 11.8 Å². The van der Waals surface area contributed by atoms with Gasteiger partial charge in [0.15, 0.2) is 5.16 Å². The van der Waals surface area contributed by atoms with Crippen molar-refractivity contribution in [1.29, 1.82) is 0 Å². The first kappa shape index (κ1) is 18.7. The number of amides is 1. The highest BCUT2D eigenvalue weighted by Gasteiger charge is 2.24. The van der Waals surface area contributed by atoms with Gasteiger partial charge in [0.25, 0.3) is 5.56 Å². The highest BCUT2D eigenvalue weighted by Crippen LogP contribution is 2.30. The zero-order chi connectivity index (χ0) is 18.5. The zero-order valence-corrected chi connectivity index (χ0v) is 16.1. The molecule has 0 saturated carbocycles. The van der Waals surface area contributed by atoms with Gasteiger partial charge < -0.3 is 10.3 Å². The summed E-state index contributed by atoms with van der Waals surface area (Å²) < 4.78 is 0. The number of hydrogen-bond donors (Lipinski definition) is 2. The lowest BCUT2D eigenvalue weighted by Crippen LogP contribution is -2.36. The van der Waals surface area contributed by atoms with Gasteiger partial charge in [0.1, 0.15) is 0 Å². The van der Waals surface area contributed by atoms with Crippen molar-refractivity contribution in [2.45, 2.75) is 62.4 Å². The predicted octanol–water partition coefficient (Wildman–Crippen LogP) is 3.40. The van der Waals surface area contributed by atoms with Crippen LogP contribution in [0.4, 0.5) is 0 Å². The number of rotatable bonds is 6. The van der Waals surface area contributed by atoms with Crippen molar-refractivity contribution in [2.75, 3.05) is 0 Å². The van der Waals surface area contributed by atoms with E-state index >= 15 is 0 Å². The van der Waals surface area contributed by atoms with Crippen LogP contribution in [0.25, 0.3) is 0 Å². The van der Waals surface area contributed by atoms with Crippen LogP contribution in [0.1, 0.15) is 56.0 Å². The van der Waals surface area contributed by atoms with Gasteiger partial charge in [-0.15, -0.1) is 0 Å². The van der Waals surface area contributed by atoms with E-state index in [1.165, 1.54) is 29.0 Å². The molecule has 0 fully saturated rings. The zero-order valence-electron chi connectivity index (χ0n) is 15.2. The van der Waals surface area contributed by atoms with Gasteiger partial charge in [-0.2, -0.15) is 0 Å². The van der Waals surface area contributed by atoms with Crippen LogP contribution in [0.15, 0.2) is 40.3 Å². The first-order valence-electron chi connectivity index (χ1n) is 9.22. The summed E-state index contributed by atoms with van der Waals surface area (Å²) >= 11 is 1.30. The molecule has 138 valence electrons. The predicted molar refractivity (Wildman–Crippen MR) is 104 cm³/mol. The number of benzene rings is 1. The van der Waals surface area contributed by atoms with E-state index in [2.05, 4.69) is 27.4 Å². The van der Waals surface area contributed by atoms with Gasteiger partial charge in [0, 0.05) is 11.8 Å². The highest BCUT2D eigenvalue weighted by molar-refractivity contribution is 8.00. The number of H-pyrrole nitrogens is 1. The van der Waals surface area contributed by atoms with Crippen LogP contribution in [-0.2, 0) is 17.6 Å². The maximum atomic E-state index is 12.7. The minimum atomic E-state index is -0.330. The lowest BCUT2D eigenvalue weighted by Gasteiger charge is -2.27. The standard InChI is InChI=1S/C20H25N3O2S/c1-3-7-15-12-18(24)23-20(21-15)26-13(2)19(25)22-17-11-6-9-14-8-4-5-10-16(14)17/h4-5,8,10,12-13,17H,3,6-7,9,11H2,1-2H3,(H,22,25)(H,21,23,24)/t13-,17-/m0/s1. The molecule has 1 aromatic carbocycles. The first-order chi connectivity index (χ1) is 12.6. The number of carbonyl (C=O) groups excluding carboxylic acids is 1. The maximum absolute atomic E-state index is 12.7. The van der Waals surface area contributed by atoms with Crippen LogP contribution < -0.4 is 10.9 Å². The number of hydrogen-bond acceptors (Lipinski definition) is 4. The third kappa shape index (κ3) is 4.55. The Bertz CT molecular complexity index is 834. The Balaban J connectivity index is 1.67.